The molecule has 1 aliphatic carbocycles. The summed E-state index contributed by atoms with van der Waals surface area (Å²) in [5.41, 5.74) is 0. The zero-order chi connectivity index (χ0) is 13.0. The second-order valence-electron chi connectivity index (χ2n) is 5.10. The van der Waals surface area contributed by atoms with E-state index in [-0.39, 0.29) is 5.76 Å². The van der Waals surface area contributed by atoms with Crippen LogP contribution < -0.4 is 0 Å². The summed E-state index contributed by atoms with van der Waals surface area (Å²) >= 11 is 0. The summed E-state index contributed by atoms with van der Waals surface area (Å²) in [6.45, 7) is 0. The highest BCUT2D eigenvalue weighted by Crippen LogP contribution is 2.30. The van der Waals surface area contributed by atoms with Crippen molar-refractivity contribution < 1.29 is 19.4 Å². The molecule has 2 N–H and O–H groups in total. The molecular weight excluding hydrogens is 232 g/mol. The molecule has 0 bridgehead atoms. The van der Waals surface area contributed by atoms with Gasteiger partial charge in [-0.1, -0.05) is 32.1 Å². The van der Waals surface area contributed by atoms with Gasteiger partial charge in [0.25, 0.3) is 0 Å². The summed E-state index contributed by atoms with van der Waals surface area (Å²) in [6.07, 6.45) is 7.40. The molecule has 0 radical (unpaired) electrons. The number of furan rings is 1. The lowest BCUT2D eigenvalue weighted by Crippen LogP contribution is -2.08. The predicted octanol–water partition coefficient (Wildman–Crippen LogP) is 3.37. The van der Waals surface area contributed by atoms with Crippen LogP contribution >= 0.6 is 0 Å². The average Bonchev–Trinajstić information content (AvgIpc) is 2.87. The number of carboxylic acids is 1. The highest BCUT2D eigenvalue weighted by molar-refractivity contribution is 5.84. The molecule has 1 saturated carbocycles. The second-order valence-corrected chi connectivity index (χ2v) is 5.10. The maximum Gasteiger partial charge on any atom is 0.371 e. The van der Waals surface area contributed by atoms with Crippen molar-refractivity contribution in [3.8, 4) is 0 Å². The van der Waals surface area contributed by atoms with Crippen LogP contribution in [0.5, 0.6) is 0 Å². The van der Waals surface area contributed by atoms with Gasteiger partial charge in [-0.05, 0) is 30.9 Å². The topological polar surface area (TPSA) is 70.7 Å². The molecule has 1 aromatic heterocycles. The molecule has 0 saturated heterocycles. The van der Waals surface area contributed by atoms with Gasteiger partial charge in [0.05, 0.1) is 0 Å². The average molecular weight is 252 g/mol. The van der Waals surface area contributed by atoms with Gasteiger partial charge in [-0.15, -0.1) is 0 Å². The molecule has 1 heterocycles. The lowest BCUT2D eigenvalue weighted by molar-refractivity contribution is 0.0648. The standard InChI is InChI=1S/C14H20O4/c15-11(7-6-10-4-2-1-3-5-10)12-8-9-13(18-12)14(16)17/h8-11,15H,1-7H2,(H,16,17). The number of aromatic carboxylic acids is 1. The van der Waals surface area contributed by atoms with E-state index in [0.29, 0.717) is 18.1 Å². The van der Waals surface area contributed by atoms with Crippen LogP contribution in [0, 0.1) is 5.92 Å². The Hall–Kier alpha value is -1.29. The van der Waals surface area contributed by atoms with Crippen LogP contribution in [0.2, 0.25) is 0 Å². The van der Waals surface area contributed by atoms with Crippen LogP contribution in [0.15, 0.2) is 16.5 Å². The van der Waals surface area contributed by atoms with Crippen molar-refractivity contribution >= 4 is 5.97 Å². The molecule has 0 amide bonds. The van der Waals surface area contributed by atoms with Crippen LogP contribution in [0.4, 0.5) is 0 Å². The Bertz CT molecular complexity index is 390. The van der Waals surface area contributed by atoms with Gasteiger partial charge < -0.3 is 14.6 Å². The Kier molecular flexibility index (Phi) is 4.42. The molecule has 0 aromatic carbocycles. The molecule has 1 aliphatic rings. The minimum atomic E-state index is -1.10. The SMILES string of the molecule is O=C(O)c1ccc(C(O)CCC2CCCCC2)o1. The first-order chi connectivity index (χ1) is 8.66. The molecule has 1 unspecified atom stereocenters. The zero-order valence-electron chi connectivity index (χ0n) is 10.5. The van der Waals surface area contributed by atoms with E-state index < -0.39 is 12.1 Å². The van der Waals surface area contributed by atoms with Gasteiger partial charge in [0.2, 0.25) is 5.76 Å². The van der Waals surface area contributed by atoms with E-state index in [9.17, 15) is 9.90 Å². The summed E-state index contributed by atoms with van der Waals surface area (Å²) in [5, 5.41) is 18.7. The van der Waals surface area contributed by atoms with E-state index in [1.165, 1.54) is 38.2 Å². The number of aliphatic hydroxyl groups is 1. The summed E-state index contributed by atoms with van der Waals surface area (Å²) in [4.78, 5) is 10.7. The Morgan fingerprint density at radius 1 is 1.33 bits per heavy atom. The highest BCUT2D eigenvalue weighted by atomic mass is 16.4. The lowest BCUT2D eigenvalue weighted by atomic mass is 9.85. The molecular formula is C14H20O4. The van der Waals surface area contributed by atoms with E-state index in [1.54, 1.807) is 6.07 Å². The van der Waals surface area contributed by atoms with Gasteiger partial charge in [0.1, 0.15) is 11.9 Å². The third kappa shape index (κ3) is 3.35. The van der Waals surface area contributed by atoms with Crippen molar-refractivity contribution in [2.24, 2.45) is 5.92 Å². The lowest BCUT2D eigenvalue weighted by Gasteiger charge is -2.22. The fraction of sp³-hybridized carbons (Fsp3) is 0.643. The monoisotopic (exact) mass is 252 g/mol. The van der Waals surface area contributed by atoms with Gasteiger partial charge in [-0.2, -0.15) is 0 Å². The van der Waals surface area contributed by atoms with E-state index in [4.69, 9.17) is 9.52 Å². The summed E-state index contributed by atoms with van der Waals surface area (Å²) < 4.78 is 5.10. The van der Waals surface area contributed by atoms with Gasteiger partial charge in [0.15, 0.2) is 0 Å². The maximum absolute atomic E-state index is 10.7. The van der Waals surface area contributed by atoms with Crippen molar-refractivity contribution in [3.05, 3.63) is 23.7 Å². The van der Waals surface area contributed by atoms with E-state index in [0.717, 1.165) is 6.42 Å². The Morgan fingerprint density at radius 3 is 2.67 bits per heavy atom. The number of hydrogen-bond donors (Lipinski definition) is 2. The van der Waals surface area contributed by atoms with Crippen molar-refractivity contribution in [3.63, 3.8) is 0 Å². The fourth-order valence-corrected chi connectivity index (χ4v) is 2.66. The maximum atomic E-state index is 10.7. The Morgan fingerprint density at radius 2 is 2.06 bits per heavy atom. The normalized spacial score (nSPS) is 18.7. The minimum Gasteiger partial charge on any atom is -0.475 e. The smallest absolute Gasteiger partial charge is 0.371 e. The number of rotatable bonds is 5. The third-order valence-corrected chi connectivity index (χ3v) is 3.74. The number of aliphatic hydroxyl groups excluding tert-OH is 1. The van der Waals surface area contributed by atoms with Crippen molar-refractivity contribution in [2.75, 3.05) is 0 Å². The first kappa shape index (κ1) is 13.1. The third-order valence-electron chi connectivity index (χ3n) is 3.74. The van der Waals surface area contributed by atoms with Gasteiger partial charge in [0, 0.05) is 0 Å². The van der Waals surface area contributed by atoms with Crippen LogP contribution in [0.1, 0.15) is 67.4 Å². The van der Waals surface area contributed by atoms with Crippen molar-refractivity contribution in [1.82, 2.24) is 0 Å². The minimum absolute atomic E-state index is 0.110. The Balaban J connectivity index is 1.82. The van der Waals surface area contributed by atoms with Crippen LogP contribution in [-0.4, -0.2) is 16.2 Å². The van der Waals surface area contributed by atoms with Crippen molar-refractivity contribution in [2.45, 2.75) is 51.0 Å². The molecule has 4 nitrogen and oxygen atoms in total. The van der Waals surface area contributed by atoms with E-state index >= 15 is 0 Å². The molecule has 0 spiro atoms. The van der Waals surface area contributed by atoms with E-state index in [2.05, 4.69) is 0 Å². The number of carbonyl (C=O) groups is 1. The molecule has 1 atom stereocenters. The quantitative estimate of drug-likeness (QED) is 0.842. The Labute approximate surface area is 107 Å². The highest BCUT2D eigenvalue weighted by Gasteiger charge is 2.19. The van der Waals surface area contributed by atoms with Gasteiger partial charge in [-0.3, -0.25) is 0 Å². The number of hydrogen-bond acceptors (Lipinski definition) is 3. The van der Waals surface area contributed by atoms with Gasteiger partial charge in [-0.25, -0.2) is 4.79 Å². The fourth-order valence-electron chi connectivity index (χ4n) is 2.66. The molecule has 1 fully saturated rings. The van der Waals surface area contributed by atoms with Crippen LogP contribution in [0.3, 0.4) is 0 Å². The van der Waals surface area contributed by atoms with Crippen LogP contribution in [-0.2, 0) is 0 Å². The van der Waals surface area contributed by atoms with Gasteiger partial charge >= 0.3 is 5.97 Å². The molecule has 1 aromatic rings. The molecule has 0 aliphatic heterocycles. The van der Waals surface area contributed by atoms with Crippen LogP contribution in [0.25, 0.3) is 0 Å². The van der Waals surface area contributed by atoms with E-state index in [1.807, 2.05) is 0 Å². The second kappa shape index (κ2) is 6.05. The molecule has 2 rings (SSSR count). The first-order valence-electron chi connectivity index (χ1n) is 6.68. The molecule has 18 heavy (non-hydrogen) atoms. The molecule has 4 heteroatoms. The summed E-state index contributed by atoms with van der Waals surface area (Å²) in [7, 11) is 0. The summed E-state index contributed by atoms with van der Waals surface area (Å²) in [5.74, 6) is -0.132. The number of carboxylic acid groups (broad SMARTS) is 1. The predicted molar refractivity (Wildman–Crippen MR) is 66.4 cm³/mol. The molecule has 100 valence electrons. The largest absolute Gasteiger partial charge is 0.475 e. The van der Waals surface area contributed by atoms with Crippen molar-refractivity contribution in [1.29, 1.82) is 0 Å². The first-order valence-corrected chi connectivity index (χ1v) is 6.68. The zero-order valence-corrected chi connectivity index (χ0v) is 10.5. The summed E-state index contributed by atoms with van der Waals surface area (Å²) in [6, 6.07) is 2.94.